The van der Waals surface area contributed by atoms with E-state index in [9.17, 15) is 0 Å². The molecule has 0 aliphatic heterocycles. The summed E-state index contributed by atoms with van der Waals surface area (Å²) in [6.45, 7) is 3.86. The Balaban J connectivity index is 0.00000288. The zero-order valence-corrected chi connectivity index (χ0v) is 17.0. The highest BCUT2D eigenvalue weighted by Crippen LogP contribution is 2.21. The van der Waals surface area contributed by atoms with Crippen molar-refractivity contribution in [2.45, 2.75) is 32.4 Å². The first-order chi connectivity index (χ1) is 11.2. The monoisotopic (exact) mass is 462 g/mol. The summed E-state index contributed by atoms with van der Waals surface area (Å²) in [4.78, 5) is 4.26. The van der Waals surface area contributed by atoms with Crippen molar-refractivity contribution < 1.29 is 0 Å². The number of halogens is 2. The summed E-state index contributed by atoms with van der Waals surface area (Å²) in [6, 6.07) is 7.93. The fourth-order valence-electron chi connectivity index (χ4n) is 2.27. The summed E-state index contributed by atoms with van der Waals surface area (Å²) in [6.07, 6.45) is 5.57. The van der Waals surface area contributed by atoms with Gasteiger partial charge >= 0.3 is 0 Å². The Bertz CT molecular complexity index is 617. The molecule has 2 N–H and O–H groups in total. The van der Waals surface area contributed by atoms with Gasteiger partial charge in [-0.15, -0.1) is 34.2 Å². The van der Waals surface area contributed by atoms with Crippen molar-refractivity contribution >= 4 is 41.5 Å². The summed E-state index contributed by atoms with van der Waals surface area (Å²) in [5.41, 5.74) is 1.06. The molecule has 24 heavy (non-hydrogen) atoms. The van der Waals surface area contributed by atoms with Gasteiger partial charge in [-0.05, 0) is 31.4 Å². The number of nitrogens with one attached hydrogen (secondary N) is 2. The van der Waals surface area contributed by atoms with E-state index in [1.807, 2.05) is 28.8 Å². The molecule has 0 saturated carbocycles. The van der Waals surface area contributed by atoms with Gasteiger partial charge in [0, 0.05) is 25.2 Å². The maximum absolute atomic E-state index is 6.23. The lowest BCUT2D eigenvalue weighted by Crippen LogP contribution is -2.39. The molecule has 0 amide bonds. The second-order valence-corrected chi connectivity index (χ2v) is 5.70. The number of aromatic nitrogens is 3. The van der Waals surface area contributed by atoms with Crippen LogP contribution in [-0.4, -0.2) is 34.3 Å². The highest BCUT2D eigenvalue weighted by atomic mass is 127. The summed E-state index contributed by atoms with van der Waals surface area (Å²) in [7, 11) is 1.77. The zero-order valence-electron chi connectivity index (χ0n) is 13.9. The van der Waals surface area contributed by atoms with Crippen LogP contribution in [-0.2, 0) is 6.54 Å². The van der Waals surface area contributed by atoms with Crippen LogP contribution in [0.2, 0.25) is 5.02 Å². The molecule has 2 rings (SSSR count). The number of rotatable bonds is 7. The summed E-state index contributed by atoms with van der Waals surface area (Å²) in [5.74, 6) is 0.779. The number of unbranched alkanes of at least 4 members (excludes halogenated alkanes) is 1. The first-order valence-corrected chi connectivity index (χ1v) is 8.12. The Kier molecular flexibility index (Phi) is 9.70. The van der Waals surface area contributed by atoms with Crippen LogP contribution in [0, 0.1) is 0 Å². The first-order valence-electron chi connectivity index (χ1n) is 7.74. The second-order valence-electron chi connectivity index (χ2n) is 5.29. The van der Waals surface area contributed by atoms with E-state index in [1.54, 1.807) is 19.7 Å². The summed E-state index contributed by atoms with van der Waals surface area (Å²) in [5, 5.41) is 15.0. The number of hydrogen-bond donors (Lipinski definition) is 2. The molecule has 132 valence electrons. The van der Waals surface area contributed by atoms with Gasteiger partial charge in [-0.1, -0.05) is 29.8 Å². The number of aryl methyl sites for hydroxylation is 1. The number of aliphatic imine (C=N–C) groups is 1. The molecule has 1 aromatic carbocycles. The van der Waals surface area contributed by atoms with E-state index in [1.165, 1.54) is 0 Å². The van der Waals surface area contributed by atoms with Crippen molar-refractivity contribution in [1.82, 2.24) is 25.4 Å². The third kappa shape index (κ3) is 6.64. The van der Waals surface area contributed by atoms with Gasteiger partial charge in [0.05, 0.1) is 6.04 Å². The lowest BCUT2D eigenvalue weighted by atomic mass is 10.1. The van der Waals surface area contributed by atoms with Crippen molar-refractivity contribution in [2.24, 2.45) is 4.99 Å². The highest BCUT2D eigenvalue weighted by molar-refractivity contribution is 14.0. The van der Waals surface area contributed by atoms with E-state index in [2.05, 4.69) is 32.7 Å². The quantitative estimate of drug-likeness (QED) is 0.287. The molecular formula is C16H24ClIN6. The van der Waals surface area contributed by atoms with Crippen LogP contribution in [0.15, 0.2) is 41.9 Å². The van der Waals surface area contributed by atoms with Crippen molar-refractivity contribution in [3.8, 4) is 0 Å². The average molecular weight is 463 g/mol. The van der Waals surface area contributed by atoms with Crippen molar-refractivity contribution in [1.29, 1.82) is 0 Å². The average Bonchev–Trinajstić information content (AvgIpc) is 3.07. The molecule has 0 spiro atoms. The maximum atomic E-state index is 6.23. The lowest BCUT2D eigenvalue weighted by molar-refractivity contribution is 0.593. The third-order valence-electron chi connectivity index (χ3n) is 3.55. The van der Waals surface area contributed by atoms with E-state index in [4.69, 9.17) is 11.6 Å². The zero-order chi connectivity index (χ0) is 16.5. The predicted molar refractivity (Wildman–Crippen MR) is 109 cm³/mol. The molecule has 0 radical (unpaired) electrons. The standard InChI is InChI=1S/C16H23ClN6.HI/c1-13(14-7-3-4-8-15(14)17)22-16(18-2)19-9-5-6-10-23-11-20-21-12-23;/h3-4,7-8,11-13H,5-6,9-10H2,1-2H3,(H2,18,19,22);1H. The van der Waals surface area contributed by atoms with Crippen LogP contribution >= 0.6 is 35.6 Å². The molecule has 0 aliphatic rings. The smallest absolute Gasteiger partial charge is 0.191 e. The number of guanidine groups is 1. The molecule has 1 atom stereocenters. The topological polar surface area (TPSA) is 67.1 Å². The van der Waals surface area contributed by atoms with Crippen molar-refractivity contribution in [3.63, 3.8) is 0 Å². The normalized spacial score (nSPS) is 12.4. The Morgan fingerprint density at radius 3 is 2.62 bits per heavy atom. The molecule has 0 fully saturated rings. The van der Waals surface area contributed by atoms with Crippen molar-refractivity contribution in [2.75, 3.05) is 13.6 Å². The van der Waals surface area contributed by atoms with Gasteiger partial charge in [-0.2, -0.15) is 0 Å². The molecule has 1 unspecified atom stereocenters. The Hall–Kier alpha value is -1.35. The van der Waals surface area contributed by atoms with Crippen LogP contribution in [0.25, 0.3) is 0 Å². The predicted octanol–water partition coefficient (Wildman–Crippen LogP) is 3.26. The SMILES string of the molecule is CN=C(NCCCCn1cnnc1)NC(C)c1ccccc1Cl.I. The van der Waals surface area contributed by atoms with E-state index in [-0.39, 0.29) is 30.0 Å². The molecule has 1 heterocycles. The van der Waals surface area contributed by atoms with E-state index >= 15 is 0 Å². The molecule has 0 saturated heterocycles. The fraction of sp³-hybridized carbons (Fsp3) is 0.438. The minimum absolute atomic E-state index is 0. The van der Waals surface area contributed by atoms with Crippen LogP contribution in [0.5, 0.6) is 0 Å². The van der Waals surface area contributed by atoms with Crippen LogP contribution in [0.1, 0.15) is 31.4 Å². The number of hydrogen-bond acceptors (Lipinski definition) is 3. The Labute approximate surface area is 165 Å². The molecule has 6 nitrogen and oxygen atoms in total. The van der Waals surface area contributed by atoms with Gasteiger partial charge in [0.2, 0.25) is 0 Å². The van der Waals surface area contributed by atoms with Gasteiger partial charge in [0.15, 0.2) is 5.96 Å². The molecule has 2 aromatic rings. The van der Waals surface area contributed by atoms with Crippen LogP contribution < -0.4 is 10.6 Å². The Morgan fingerprint density at radius 2 is 1.96 bits per heavy atom. The fourth-order valence-corrected chi connectivity index (χ4v) is 2.57. The first kappa shape index (κ1) is 20.7. The van der Waals surface area contributed by atoms with Gasteiger partial charge in [-0.25, -0.2) is 0 Å². The lowest BCUT2D eigenvalue weighted by Gasteiger charge is -2.19. The molecule has 8 heteroatoms. The van der Waals surface area contributed by atoms with Gasteiger partial charge < -0.3 is 15.2 Å². The van der Waals surface area contributed by atoms with Crippen LogP contribution in [0.3, 0.4) is 0 Å². The minimum Gasteiger partial charge on any atom is -0.356 e. The van der Waals surface area contributed by atoms with E-state index in [0.29, 0.717) is 0 Å². The summed E-state index contributed by atoms with van der Waals surface area (Å²) < 4.78 is 1.98. The van der Waals surface area contributed by atoms with E-state index < -0.39 is 0 Å². The molecule has 0 aliphatic carbocycles. The minimum atomic E-state index is 0. The molecular weight excluding hydrogens is 439 g/mol. The summed E-state index contributed by atoms with van der Waals surface area (Å²) >= 11 is 6.23. The maximum Gasteiger partial charge on any atom is 0.191 e. The Morgan fingerprint density at radius 1 is 1.25 bits per heavy atom. The second kappa shape index (κ2) is 11.2. The van der Waals surface area contributed by atoms with Gasteiger partial charge in [0.25, 0.3) is 0 Å². The van der Waals surface area contributed by atoms with Gasteiger partial charge in [0.1, 0.15) is 12.7 Å². The highest BCUT2D eigenvalue weighted by Gasteiger charge is 2.10. The van der Waals surface area contributed by atoms with Crippen LogP contribution in [0.4, 0.5) is 0 Å². The number of nitrogens with zero attached hydrogens (tertiary/aromatic N) is 4. The molecule has 1 aromatic heterocycles. The van der Waals surface area contributed by atoms with Gasteiger partial charge in [-0.3, -0.25) is 4.99 Å². The molecule has 0 bridgehead atoms. The third-order valence-corrected chi connectivity index (χ3v) is 3.89. The van der Waals surface area contributed by atoms with E-state index in [0.717, 1.165) is 42.5 Å². The number of benzene rings is 1. The largest absolute Gasteiger partial charge is 0.356 e. The van der Waals surface area contributed by atoms with Crippen molar-refractivity contribution in [3.05, 3.63) is 47.5 Å².